The van der Waals surface area contributed by atoms with E-state index in [-0.39, 0.29) is 5.78 Å². The largest absolute Gasteiger partial charge is 0.492 e. The molecule has 0 spiro atoms. The number of aryl methyl sites for hydroxylation is 1. The van der Waals surface area contributed by atoms with Crippen molar-refractivity contribution in [2.24, 2.45) is 7.05 Å². The van der Waals surface area contributed by atoms with Crippen molar-refractivity contribution in [3.8, 4) is 5.75 Å². The highest BCUT2D eigenvalue weighted by Gasteiger charge is 2.13. The van der Waals surface area contributed by atoms with E-state index in [4.69, 9.17) is 4.74 Å². The fraction of sp³-hybridized carbons (Fsp3) is 0.250. The highest BCUT2D eigenvalue weighted by Crippen LogP contribution is 2.14. The van der Waals surface area contributed by atoms with Gasteiger partial charge < -0.3 is 9.30 Å². The molecule has 5 nitrogen and oxygen atoms in total. The molecule has 0 N–H and O–H groups in total. The number of pyridine rings is 1. The monoisotopic (exact) mass is 231 g/mol. The van der Waals surface area contributed by atoms with Gasteiger partial charge >= 0.3 is 0 Å². The zero-order chi connectivity index (χ0) is 12.3. The second kappa shape index (κ2) is 4.78. The molecule has 2 heterocycles. The molecule has 0 aliphatic rings. The zero-order valence-electron chi connectivity index (χ0n) is 9.75. The lowest BCUT2D eigenvalue weighted by molar-refractivity contribution is 0.103. The van der Waals surface area contributed by atoms with Crippen molar-refractivity contribution in [3.05, 3.63) is 42.2 Å². The quantitative estimate of drug-likeness (QED) is 0.747. The van der Waals surface area contributed by atoms with E-state index < -0.39 is 0 Å². The van der Waals surface area contributed by atoms with Crippen LogP contribution in [0.3, 0.4) is 0 Å². The maximum absolute atomic E-state index is 12.1. The van der Waals surface area contributed by atoms with Gasteiger partial charge in [-0.1, -0.05) is 0 Å². The van der Waals surface area contributed by atoms with Gasteiger partial charge in [0.15, 0.2) is 0 Å². The highest BCUT2D eigenvalue weighted by atomic mass is 16.5. The molecule has 0 aliphatic carbocycles. The van der Waals surface area contributed by atoms with Gasteiger partial charge in [0, 0.05) is 18.8 Å². The SMILES string of the molecule is CCOc1cncc(C(=O)c2cncn2C)c1. The van der Waals surface area contributed by atoms with Gasteiger partial charge in [-0.25, -0.2) is 4.98 Å². The zero-order valence-corrected chi connectivity index (χ0v) is 9.75. The van der Waals surface area contributed by atoms with Crippen LogP contribution >= 0.6 is 0 Å². The van der Waals surface area contributed by atoms with Crippen LogP contribution in [-0.4, -0.2) is 26.9 Å². The Morgan fingerprint density at radius 1 is 1.35 bits per heavy atom. The fourth-order valence-electron chi connectivity index (χ4n) is 1.51. The van der Waals surface area contributed by atoms with Crippen molar-refractivity contribution in [2.75, 3.05) is 6.61 Å². The lowest BCUT2D eigenvalue weighted by atomic mass is 10.1. The average molecular weight is 231 g/mol. The highest BCUT2D eigenvalue weighted by molar-refractivity contribution is 6.07. The van der Waals surface area contributed by atoms with Crippen LogP contribution in [0, 0.1) is 0 Å². The van der Waals surface area contributed by atoms with E-state index in [1.165, 1.54) is 12.4 Å². The minimum Gasteiger partial charge on any atom is -0.492 e. The summed E-state index contributed by atoms with van der Waals surface area (Å²) in [6, 6.07) is 1.69. The lowest BCUT2D eigenvalue weighted by Crippen LogP contribution is -2.07. The van der Waals surface area contributed by atoms with Crippen LogP contribution in [0.25, 0.3) is 0 Å². The Hall–Kier alpha value is -2.17. The molecular weight excluding hydrogens is 218 g/mol. The van der Waals surface area contributed by atoms with Gasteiger partial charge in [-0.3, -0.25) is 9.78 Å². The number of aromatic nitrogens is 3. The first-order valence-electron chi connectivity index (χ1n) is 5.31. The van der Waals surface area contributed by atoms with E-state index in [1.54, 1.807) is 30.2 Å². The van der Waals surface area contributed by atoms with Crippen LogP contribution in [0.15, 0.2) is 31.0 Å². The van der Waals surface area contributed by atoms with Gasteiger partial charge in [0.2, 0.25) is 5.78 Å². The third-order valence-corrected chi connectivity index (χ3v) is 2.34. The molecule has 2 aromatic heterocycles. The number of rotatable bonds is 4. The molecule has 0 radical (unpaired) electrons. The molecule has 0 saturated carbocycles. The summed E-state index contributed by atoms with van der Waals surface area (Å²) in [6.45, 7) is 2.43. The molecule has 5 heteroatoms. The molecule has 17 heavy (non-hydrogen) atoms. The van der Waals surface area contributed by atoms with Crippen molar-refractivity contribution < 1.29 is 9.53 Å². The summed E-state index contributed by atoms with van der Waals surface area (Å²) in [5.41, 5.74) is 1.03. The number of ketones is 1. The molecule has 0 aromatic carbocycles. The first kappa shape index (κ1) is 11.3. The normalized spacial score (nSPS) is 10.2. The van der Waals surface area contributed by atoms with Crippen molar-refractivity contribution in [1.82, 2.24) is 14.5 Å². The van der Waals surface area contributed by atoms with Crippen LogP contribution in [0.4, 0.5) is 0 Å². The van der Waals surface area contributed by atoms with E-state index in [0.29, 0.717) is 23.6 Å². The molecular formula is C12H13N3O2. The van der Waals surface area contributed by atoms with Crippen LogP contribution in [0.1, 0.15) is 23.0 Å². The number of hydrogen-bond donors (Lipinski definition) is 0. The molecule has 0 bridgehead atoms. The van der Waals surface area contributed by atoms with Crippen LogP contribution in [-0.2, 0) is 7.05 Å². The van der Waals surface area contributed by atoms with E-state index in [2.05, 4.69) is 9.97 Å². The smallest absolute Gasteiger partial charge is 0.212 e. The summed E-state index contributed by atoms with van der Waals surface area (Å²) in [5.74, 6) is 0.486. The first-order chi connectivity index (χ1) is 8.22. The molecule has 2 rings (SSSR count). The minimum atomic E-state index is -0.112. The van der Waals surface area contributed by atoms with Crippen molar-refractivity contribution >= 4 is 5.78 Å². The van der Waals surface area contributed by atoms with Gasteiger partial charge in [0.25, 0.3) is 0 Å². The summed E-state index contributed by atoms with van der Waals surface area (Å²) < 4.78 is 6.98. The third-order valence-electron chi connectivity index (χ3n) is 2.34. The number of hydrogen-bond acceptors (Lipinski definition) is 4. The predicted molar refractivity (Wildman–Crippen MR) is 62.0 cm³/mol. The average Bonchev–Trinajstić information content (AvgIpc) is 2.75. The van der Waals surface area contributed by atoms with E-state index in [0.717, 1.165) is 0 Å². The van der Waals surface area contributed by atoms with Crippen molar-refractivity contribution in [2.45, 2.75) is 6.92 Å². The Kier molecular flexibility index (Phi) is 3.18. The number of carbonyl (C=O) groups excluding carboxylic acids is 1. The number of ether oxygens (including phenoxy) is 1. The molecule has 0 aliphatic heterocycles. The molecule has 0 fully saturated rings. The summed E-state index contributed by atoms with van der Waals surface area (Å²) in [6.07, 6.45) is 6.24. The van der Waals surface area contributed by atoms with Crippen LogP contribution in [0.2, 0.25) is 0 Å². The van der Waals surface area contributed by atoms with Gasteiger partial charge in [-0.05, 0) is 13.0 Å². The molecule has 0 atom stereocenters. The van der Waals surface area contributed by atoms with Gasteiger partial charge in [-0.15, -0.1) is 0 Å². The lowest BCUT2D eigenvalue weighted by Gasteiger charge is -2.05. The number of imidazole rings is 1. The third kappa shape index (κ3) is 2.33. The Balaban J connectivity index is 2.31. The van der Waals surface area contributed by atoms with E-state index >= 15 is 0 Å². The Bertz CT molecular complexity index is 534. The summed E-state index contributed by atoms with van der Waals surface area (Å²) in [5, 5.41) is 0. The number of nitrogens with zero attached hydrogens (tertiary/aromatic N) is 3. The molecule has 0 saturated heterocycles. The molecule has 2 aromatic rings. The van der Waals surface area contributed by atoms with Gasteiger partial charge in [0.1, 0.15) is 11.4 Å². The predicted octanol–water partition coefficient (Wildman–Crippen LogP) is 1.44. The van der Waals surface area contributed by atoms with E-state index in [1.807, 2.05) is 6.92 Å². The van der Waals surface area contributed by atoms with Gasteiger partial charge in [0.05, 0.1) is 25.3 Å². The molecule has 88 valence electrons. The minimum absolute atomic E-state index is 0.112. The second-order valence-electron chi connectivity index (χ2n) is 3.56. The number of carbonyl (C=O) groups is 1. The van der Waals surface area contributed by atoms with Gasteiger partial charge in [-0.2, -0.15) is 0 Å². The Morgan fingerprint density at radius 2 is 2.18 bits per heavy atom. The Labute approximate surface area is 99.1 Å². The van der Waals surface area contributed by atoms with Crippen molar-refractivity contribution in [1.29, 1.82) is 0 Å². The maximum Gasteiger partial charge on any atom is 0.212 e. The molecule has 0 amide bonds. The second-order valence-corrected chi connectivity index (χ2v) is 3.56. The van der Waals surface area contributed by atoms with Crippen LogP contribution in [0.5, 0.6) is 5.75 Å². The molecule has 0 unspecified atom stereocenters. The fourth-order valence-corrected chi connectivity index (χ4v) is 1.51. The summed E-state index contributed by atoms with van der Waals surface area (Å²) in [4.78, 5) is 20.0. The maximum atomic E-state index is 12.1. The standard InChI is InChI=1S/C12H13N3O2/c1-3-17-10-4-9(5-13-6-10)12(16)11-7-14-8-15(11)2/h4-8H,3H2,1-2H3. The van der Waals surface area contributed by atoms with Crippen LogP contribution < -0.4 is 4.74 Å². The topological polar surface area (TPSA) is 57.0 Å². The van der Waals surface area contributed by atoms with Crippen molar-refractivity contribution in [3.63, 3.8) is 0 Å². The Morgan fingerprint density at radius 3 is 2.82 bits per heavy atom. The van der Waals surface area contributed by atoms with E-state index in [9.17, 15) is 4.79 Å². The summed E-state index contributed by atoms with van der Waals surface area (Å²) >= 11 is 0. The first-order valence-corrected chi connectivity index (χ1v) is 5.31. The summed E-state index contributed by atoms with van der Waals surface area (Å²) in [7, 11) is 1.78.